The largest absolute Gasteiger partial charge is 0.465 e. The van der Waals surface area contributed by atoms with Gasteiger partial charge in [-0.15, -0.1) is 0 Å². The lowest BCUT2D eigenvalue weighted by molar-refractivity contribution is -0.140. The first-order chi connectivity index (χ1) is 6.95. The summed E-state index contributed by atoms with van der Waals surface area (Å²) in [4.78, 5) is 10.8. The number of alkyl halides is 3. The minimum Gasteiger partial charge on any atom is -0.465 e. The highest BCUT2D eigenvalue weighted by Crippen LogP contribution is 2.22. The zero-order chi connectivity index (χ0) is 11.7. The van der Waals surface area contributed by atoms with Crippen molar-refractivity contribution in [1.82, 2.24) is 0 Å². The molecule has 0 saturated carbocycles. The summed E-state index contributed by atoms with van der Waals surface area (Å²) >= 11 is 1.31. The SMILES string of the molecule is CCOC(=O)CSCCCCC(F)(F)F. The topological polar surface area (TPSA) is 26.3 Å². The summed E-state index contributed by atoms with van der Waals surface area (Å²) in [6, 6.07) is 0. The molecule has 0 fully saturated rings. The quantitative estimate of drug-likeness (QED) is 0.508. The van der Waals surface area contributed by atoms with E-state index in [0.717, 1.165) is 0 Å². The van der Waals surface area contributed by atoms with Gasteiger partial charge in [-0.3, -0.25) is 4.79 Å². The number of unbranched alkanes of at least 4 members (excludes halogenated alkanes) is 1. The Morgan fingerprint density at radius 1 is 1.33 bits per heavy atom. The smallest absolute Gasteiger partial charge is 0.389 e. The minimum absolute atomic E-state index is 0.124. The molecule has 0 unspecified atom stereocenters. The molecule has 0 aromatic heterocycles. The van der Waals surface area contributed by atoms with Crippen LogP contribution in [0.2, 0.25) is 0 Å². The van der Waals surface area contributed by atoms with Gasteiger partial charge < -0.3 is 4.74 Å². The van der Waals surface area contributed by atoms with Crippen molar-refractivity contribution >= 4 is 17.7 Å². The standard InChI is InChI=1S/C9H15F3O2S/c1-2-14-8(13)7-15-6-4-3-5-9(10,11)12/h2-7H2,1H3. The van der Waals surface area contributed by atoms with Crippen LogP contribution in [-0.2, 0) is 9.53 Å². The maximum absolute atomic E-state index is 11.7. The van der Waals surface area contributed by atoms with Gasteiger partial charge in [0, 0.05) is 6.42 Å². The van der Waals surface area contributed by atoms with Crippen molar-refractivity contribution in [3.05, 3.63) is 0 Å². The van der Waals surface area contributed by atoms with Crippen molar-refractivity contribution in [2.24, 2.45) is 0 Å². The Hall–Kier alpha value is -0.390. The Bertz CT molecular complexity index is 183. The Balaban J connectivity index is 3.22. The van der Waals surface area contributed by atoms with Crippen molar-refractivity contribution in [2.45, 2.75) is 32.4 Å². The highest BCUT2D eigenvalue weighted by molar-refractivity contribution is 7.99. The lowest BCUT2D eigenvalue weighted by Gasteiger charge is -2.05. The maximum Gasteiger partial charge on any atom is 0.389 e. The van der Waals surface area contributed by atoms with Crippen LogP contribution in [0.5, 0.6) is 0 Å². The molecule has 0 aromatic carbocycles. The molecule has 0 atom stereocenters. The summed E-state index contributed by atoms with van der Waals surface area (Å²) in [5.74, 6) is 0.479. The molecule has 0 spiro atoms. The summed E-state index contributed by atoms with van der Waals surface area (Å²) in [5.41, 5.74) is 0. The van der Waals surface area contributed by atoms with Gasteiger partial charge in [0.1, 0.15) is 0 Å². The van der Waals surface area contributed by atoms with E-state index in [0.29, 0.717) is 18.8 Å². The zero-order valence-corrected chi connectivity index (χ0v) is 9.42. The van der Waals surface area contributed by atoms with Crippen molar-refractivity contribution in [2.75, 3.05) is 18.1 Å². The third-order valence-electron chi connectivity index (χ3n) is 1.52. The van der Waals surface area contributed by atoms with E-state index in [1.165, 1.54) is 11.8 Å². The molecule has 0 aromatic rings. The van der Waals surface area contributed by atoms with Crippen LogP contribution >= 0.6 is 11.8 Å². The number of esters is 1. The Morgan fingerprint density at radius 2 is 2.00 bits per heavy atom. The highest BCUT2D eigenvalue weighted by Gasteiger charge is 2.25. The van der Waals surface area contributed by atoms with E-state index in [1.54, 1.807) is 6.92 Å². The number of ether oxygens (including phenoxy) is 1. The fourth-order valence-electron chi connectivity index (χ4n) is 0.888. The van der Waals surface area contributed by atoms with Crippen molar-refractivity contribution in [3.63, 3.8) is 0 Å². The third-order valence-corrected chi connectivity index (χ3v) is 2.54. The molecule has 0 aliphatic rings. The molecular weight excluding hydrogens is 229 g/mol. The monoisotopic (exact) mass is 244 g/mol. The third kappa shape index (κ3) is 11.5. The van der Waals surface area contributed by atoms with Crippen LogP contribution in [0.1, 0.15) is 26.2 Å². The van der Waals surface area contributed by atoms with Gasteiger partial charge in [0.2, 0.25) is 0 Å². The van der Waals surface area contributed by atoms with Crippen LogP contribution < -0.4 is 0 Å². The molecule has 0 N–H and O–H groups in total. The Kier molecular flexibility index (Phi) is 7.64. The van der Waals surface area contributed by atoms with Crippen LogP contribution in [0.25, 0.3) is 0 Å². The number of hydrogen-bond acceptors (Lipinski definition) is 3. The molecule has 0 heterocycles. The van der Waals surface area contributed by atoms with Gasteiger partial charge in [0.05, 0.1) is 12.4 Å². The van der Waals surface area contributed by atoms with Crippen LogP contribution in [0.15, 0.2) is 0 Å². The van der Waals surface area contributed by atoms with Crippen molar-refractivity contribution < 1.29 is 22.7 Å². The first-order valence-corrected chi connectivity index (χ1v) is 5.91. The lowest BCUT2D eigenvalue weighted by atomic mass is 10.2. The normalized spacial score (nSPS) is 11.5. The number of rotatable bonds is 7. The average Bonchev–Trinajstić information content (AvgIpc) is 2.09. The van der Waals surface area contributed by atoms with Gasteiger partial charge in [0.15, 0.2) is 0 Å². The summed E-state index contributed by atoms with van der Waals surface area (Å²) in [6.07, 6.45) is -4.21. The number of halogens is 3. The molecule has 2 nitrogen and oxygen atoms in total. The van der Waals surface area contributed by atoms with Gasteiger partial charge in [0.25, 0.3) is 0 Å². The van der Waals surface area contributed by atoms with Gasteiger partial charge in [-0.2, -0.15) is 24.9 Å². The molecule has 0 radical (unpaired) electrons. The predicted molar refractivity (Wildman–Crippen MR) is 53.9 cm³/mol. The van der Waals surface area contributed by atoms with Crippen LogP contribution in [-0.4, -0.2) is 30.3 Å². The second kappa shape index (κ2) is 7.84. The van der Waals surface area contributed by atoms with Gasteiger partial charge in [-0.1, -0.05) is 0 Å². The Morgan fingerprint density at radius 3 is 2.53 bits per heavy atom. The van der Waals surface area contributed by atoms with E-state index >= 15 is 0 Å². The minimum atomic E-state index is -4.06. The molecule has 0 aliphatic heterocycles. The van der Waals surface area contributed by atoms with Gasteiger partial charge >= 0.3 is 12.1 Å². The molecule has 6 heteroatoms. The van der Waals surface area contributed by atoms with E-state index < -0.39 is 12.6 Å². The van der Waals surface area contributed by atoms with Gasteiger partial charge in [-0.25, -0.2) is 0 Å². The Labute approximate surface area is 91.6 Å². The molecule has 0 aliphatic carbocycles. The molecule has 0 bridgehead atoms. The fourth-order valence-corrected chi connectivity index (χ4v) is 1.69. The van der Waals surface area contributed by atoms with Gasteiger partial charge in [-0.05, 0) is 25.5 Å². The molecule has 0 saturated heterocycles. The van der Waals surface area contributed by atoms with Crippen molar-refractivity contribution in [3.8, 4) is 0 Å². The second-order valence-corrected chi connectivity index (χ2v) is 4.04. The average molecular weight is 244 g/mol. The van der Waals surface area contributed by atoms with Crippen LogP contribution in [0.4, 0.5) is 13.2 Å². The number of carbonyl (C=O) groups excluding carboxylic acids is 1. The van der Waals surface area contributed by atoms with Crippen molar-refractivity contribution in [1.29, 1.82) is 0 Å². The molecule has 0 amide bonds. The molecule has 90 valence electrons. The van der Waals surface area contributed by atoms with Crippen LogP contribution in [0, 0.1) is 0 Å². The fraction of sp³-hybridized carbons (Fsp3) is 0.889. The summed E-state index contributed by atoms with van der Waals surface area (Å²) in [6.45, 7) is 2.05. The predicted octanol–water partition coefficient (Wildman–Crippen LogP) is 3.02. The van der Waals surface area contributed by atoms with E-state index in [4.69, 9.17) is 0 Å². The van der Waals surface area contributed by atoms with Crippen LogP contribution in [0.3, 0.4) is 0 Å². The van der Waals surface area contributed by atoms with E-state index in [9.17, 15) is 18.0 Å². The van der Waals surface area contributed by atoms with E-state index in [1.807, 2.05) is 0 Å². The van der Waals surface area contributed by atoms with E-state index in [2.05, 4.69) is 4.74 Å². The molecular formula is C9H15F3O2S. The summed E-state index contributed by atoms with van der Waals surface area (Å²) in [7, 11) is 0. The number of carbonyl (C=O) groups is 1. The zero-order valence-electron chi connectivity index (χ0n) is 8.60. The molecule has 15 heavy (non-hydrogen) atoms. The summed E-state index contributed by atoms with van der Waals surface area (Å²) < 4.78 is 39.8. The summed E-state index contributed by atoms with van der Waals surface area (Å²) in [5, 5.41) is 0. The lowest BCUT2D eigenvalue weighted by Crippen LogP contribution is -2.08. The highest BCUT2D eigenvalue weighted by atomic mass is 32.2. The number of thioether (sulfide) groups is 1. The maximum atomic E-state index is 11.7. The first-order valence-electron chi connectivity index (χ1n) is 4.76. The number of hydrogen-bond donors (Lipinski definition) is 0. The van der Waals surface area contributed by atoms with E-state index in [-0.39, 0.29) is 18.1 Å². The molecule has 0 rings (SSSR count). The second-order valence-electron chi connectivity index (χ2n) is 2.93. The first kappa shape index (κ1) is 14.6.